The monoisotopic (exact) mass is 1740 g/mol. The predicted molar refractivity (Wildman–Crippen MR) is 471 cm³/mol. The molecule has 2 fully saturated rings. The Morgan fingerprint density at radius 1 is 0.496 bits per heavy atom. The van der Waals surface area contributed by atoms with Crippen LogP contribution in [-0.2, 0) is 83.6 Å². The number of hydrogen-bond acceptors (Lipinski definition) is 22. The average Bonchev–Trinajstić information content (AvgIpc) is 1.66. The highest BCUT2D eigenvalue weighted by Gasteiger charge is 2.38. The standard InChI is InChI=1S/C19H22N2O2.3C16H18N2O3.C15H16ClN3O2.C15H17N3O2/c22-19(18-16-10-4-5-11-17(16)20-23-18)21-12-6-9-15(13-21)14-7-2-1-3-8-14;19-16(15-11-5-1-2-7-13(11)21-17-15)18-9-3-6-12(18)14-8-4-10-20-14;19-10-13(11-6-2-1-3-7-11)17-16(20)15-12-8-4-5-9-14(12)21-18-15;19-10-14(11-6-2-1-3-7-11)17-16(20)15-12-8-4-5-9-13(12)18-21-15;1-9-6-7-12-10(8-9)14(21-19-12)15(20)18-17-13-5-3-2-4-11(13)16;19-11-5-3-4-10(8-11)9-16-15(20)14-12-6-1-2-7-13(12)17-18-14/h1-3,7-8,15H,4-6,9-13H2;4,8,10,12H,1-3,5-7,9H2;1-3,6-7,13,19H,4-5,8-10H2,(H,17,20);1-3,6-7,14,19H,4-5,8-10H2,(H,17,20);2-5,9,17H,6-8H2,1H3,(H,18,20);3-5,8,19H,1-2,6-7,9H2,(H,16,20)(H,17,18). The maximum atomic E-state index is 12.9. The zero-order valence-electron chi connectivity index (χ0n) is 71.4. The minimum Gasteiger partial charge on any atom is -0.508 e. The number of carbonyl (C=O) groups is 6. The molecule has 29 nitrogen and oxygen atoms in total. The number of phenolic OH excluding ortho intramolecular Hbond substituents is 1. The average molecular weight is 1750 g/mol. The minimum absolute atomic E-state index is 0.0131. The van der Waals surface area contributed by atoms with E-state index < -0.39 is 12.1 Å². The van der Waals surface area contributed by atoms with E-state index in [2.05, 4.69) is 94.0 Å². The first kappa shape index (κ1) is 89.1. The molecule has 20 rings (SSSR count). The summed E-state index contributed by atoms with van der Waals surface area (Å²) in [4.78, 5) is 78.7. The van der Waals surface area contributed by atoms with Gasteiger partial charge < -0.3 is 68.1 Å². The van der Waals surface area contributed by atoms with Gasteiger partial charge in [-0.25, -0.2) is 0 Å². The molecule has 0 radical (unpaired) electrons. The fraction of sp³-hybridized carbons (Fsp3) is 0.402. The van der Waals surface area contributed by atoms with Crippen molar-refractivity contribution in [2.45, 2.75) is 211 Å². The maximum absolute atomic E-state index is 12.9. The SMILES string of the molecule is CC1CCc2noc(C(=O)NNc3ccccc3Cl)c2C1.O=C(NC(CO)c1ccccc1)c1noc2c1CCCC2.O=C(NC(CO)c1ccccc1)c1onc2c1CCCC2.O=C(NCc1cccc(O)c1)c1n[nH]c2c1CCCC2.O=C(c1noc2c1CCCC2)N1CCCC1c1ccco1.O=C(c1onc2c1CCCC2)N1CCCC(c2ccccc2)C1. The number of amides is 6. The molecule has 6 amide bonds. The van der Waals surface area contributed by atoms with Crippen LogP contribution in [0, 0.1) is 5.92 Å². The third kappa shape index (κ3) is 22.2. The third-order valence-corrected chi connectivity index (χ3v) is 25.0. The normalized spacial score (nSPS) is 17.4. The Kier molecular flexibility index (Phi) is 30.5. The van der Waals surface area contributed by atoms with Crippen molar-refractivity contribution in [2.75, 3.05) is 38.3 Å². The van der Waals surface area contributed by atoms with Gasteiger partial charge in [0.2, 0.25) is 17.3 Å². The van der Waals surface area contributed by atoms with E-state index in [9.17, 15) is 44.1 Å². The number of nitrogens with zero attached hydrogens (tertiary/aromatic N) is 8. The number of aryl methyl sites for hydroxylation is 6. The first-order chi connectivity index (χ1) is 62.1. The predicted octanol–water partition coefficient (Wildman–Crippen LogP) is 15.9. The van der Waals surface area contributed by atoms with E-state index in [0.717, 1.165) is 283 Å². The summed E-state index contributed by atoms with van der Waals surface area (Å²) >= 11 is 6.02. The quantitative estimate of drug-likeness (QED) is 0.0360. The molecule has 664 valence electrons. The molecule has 5 unspecified atom stereocenters. The Labute approximate surface area is 740 Å². The van der Waals surface area contributed by atoms with E-state index in [4.69, 9.17) is 38.6 Å². The summed E-state index contributed by atoms with van der Waals surface area (Å²) in [6.07, 6.45) is 28.5. The summed E-state index contributed by atoms with van der Waals surface area (Å²) in [5.41, 5.74) is 21.1. The number of carbonyl (C=O) groups excluding carboxylic acids is 6. The van der Waals surface area contributed by atoms with Gasteiger partial charge in [-0.2, -0.15) is 5.10 Å². The van der Waals surface area contributed by atoms with Crippen LogP contribution in [0.4, 0.5) is 5.69 Å². The molecule has 2 aliphatic heterocycles. The van der Waals surface area contributed by atoms with Gasteiger partial charge in [-0.05, 0) is 225 Å². The van der Waals surface area contributed by atoms with E-state index in [0.29, 0.717) is 57.7 Å². The lowest BCUT2D eigenvalue weighted by Crippen LogP contribution is -2.39. The van der Waals surface area contributed by atoms with E-state index in [1.807, 2.05) is 107 Å². The molecule has 2 saturated heterocycles. The molecule has 5 aromatic carbocycles. The van der Waals surface area contributed by atoms with E-state index in [1.54, 1.807) is 36.6 Å². The number of aromatic nitrogens is 7. The molecule has 8 aliphatic rings. The number of likely N-dealkylation sites (tertiary alicyclic amines) is 2. The highest BCUT2D eigenvalue weighted by atomic mass is 35.5. The number of para-hydroxylation sites is 1. The van der Waals surface area contributed by atoms with Crippen molar-refractivity contribution in [1.29, 1.82) is 0 Å². The smallest absolute Gasteiger partial charge is 0.308 e. The number of aromatic amines is 1. The lowest BCUT2D eigenvalue weighted by molar-refractivity contribution is 0.0662. The summed E-state index contributed by atoms with van der Waals surface area (Å²) in [6, 6.07) is 46.3. The van der Waals surface area contributed by atoms with Gasteiger partial charge in [0.25, 0.3) is 29.5 Å². The second kappa shape index (κ2) is 43.5. The molecule has 12 aromatic rings. The number of nitrogens with one attached hydrogen (secondary N) is 6. The van der Waals surface area contributed by atoms with Gasteiger partial charge in [-0.15, -0.1) is 0 Å². The summed E-state index contributed by atoms with van der Waals surface area (Å²) in [5, 5.41) is 64.6. The van der Waals surface area contributed by atoms with Gasteiger partial charge in [-0.3, -0.25) is 44.7 Å². The largest absolute Gasteiger partial charge is 0.508 e. The van der Waals surface area contributed by atoms with Crippen molar-refractivity contribution in [1.82, 2.24) is 67.2 Å². The van der Waals surface area contributed by atoms with Gasteiger partial charge in [0, 0.05) is 84.0 Å². The zero-order valence-corrected chi connectivity index (χ0v) is 72.2. The molecular weight excluding hydrogens is 1640 g/mol. The molecule has 5 atom stereocenters. The van der Waals surface area contributed by atoms with Crippen LogP contribution >= 0.6 is 11.6 Å². The first-order valence-electron chi connectivity index (χ1n) is 44.6. The van der Waals surface area contributed by atoms with Crippen LogP contribution in [0.2, 0.25) is 5.02 Å². The molecule has 7 aromatic heterocycles. The van der Waals surface area contributed by atoms with Crippen LogP contribution in [-0.4, -0.2) is 129 Å². The van der Waals surface area contributed by atoms with Crippen LogP contribution in [0.1, 0.15) is 286 Å². The Morgan fingerprint density at radius 3 is 1.70 bits per heavy atom. The van der Waals surface area contributed by atoms with Crippen LogP contribution < -0.4 is 26.8 Å². The van der Waals surface area contributed by atoms with Crippen LogP contribution in [0.5, 0.6) is 5.75 Å². The molecule has 9 N–H and O–H groups in total. The van der Waals surface area contributed by atoms with Gasteiger partial charge in [0.05, 0.1) is 65.4 Å². The number of halogens is 1. The molecule has 0 bridgehead atoms. The molecule has 6 aliphatic carbocycles. The van der Waals surface area contributed by atoms with E-state index >= 15 is 0 Å². The fourth-order valence-electron chi connectivity index (χ4n) is 17.9. The van der Waals surface area contributed by atoms with Gasteiger partial charge in [-0.1, -0.05) is 160 Å². The number of hydrogen-bond donors (Lipinski definition) is 9. The van der Waals surface area contributed by atoms with Crippen molar-refractivity contribution in [3.63, 3.8) is 0 Å². The lowest BCUT2D eigenvalue weighted by Gasteiger charge is -2.32. The number of furan rings is 1. The molecule has 9 heterocycles. The number of rotatable bonds is 18. The number of phenols is 1. The first-order valence-corrected chi connectivity index (χ1v) is 44.9. The maximum Gasteiger partial charge on any atom is 0.308 e. The fourth-order valence-corrected chi connectivity index (χ4v) is 18.0. The molecule has 0 spiro atoms. The molecular formula is C97H109ClN14O15. The number of benzene rings is 5. The Morgan fingerprint density at radius 2 is 1.06 bits per heavy atom. The highest BCUT2D eigenvalue weighted by molar-refractivity contribution is 6.33. The van der Waals surface area contributed by atoms with Gasteiger partial charge in [0.15, 0.2) is 17.1 Å². The van der Waals surface area contributed by atoms with E-state index in [1.165, 1.54) is 5.56 Å². The van der Waals surface area contributed by atoms with E-state index in [-0.39, 0.29) is 66.2 Å². The number of H-pyrrole nitrogens is 1. The Balaban J connectivity index is 0.000000117. The van der Waals surface area contributed by atoms with Crippen molar-refractivity contribution in [2.24, 2.45) is 5.92 Å². The zero-order chi connectivity index (χ0) is 88.0. The van der Waals surface area contributed by atoms with Crippen molar-refractivity contribution < 1.29 is 71.1 Å². The number of fused-ring (bicyclic) bond motifs is 6. The molecule has 30 heteroatoms. The Hall–Kier alpha value is -12.7. The van der Waals surface area contributed by atoms with Crippen molar-refractivity contribution >= 4 is 52.7 Å². The number of anilines is 1. The summed E-state index contributed by atoms with van der Waals surface area (Å²) in [7, 11) is 0. The van der Waals surface area contributed by atoms with Crippen LogP contribution in [0.3, 0.4) is 0 Å². The van der Waals surface area contributed by atoms with Gasteiger partial charge in [0.1, 0.15) is 23.0 Å². The van der Waals surface area contributed by atoms with Gasteiger partial charge >= 0.3 is 5.91 Å². The Bertz CT molecular complexity index is 5550. The lowest BCUT2D eigenvalue weighted by atomic mass is 9.88. The molecule has 0 saturated carbocycles. The van der Waals surface area contributed by atoms with Crippen LogP contribution in [0.15, 0.2) is 185 Å². The van der Waals surface area contributed by atoms with Crippen molar-refractivity contribution in [3.8, 4) is 5.75 Å². The number of aliphatic hydroxyl groups is 2. The summed E-state index contributed by atoms with van der Waals surface area (Å²) in [6.45, 7) is 4.58. The minimum atomic E-state index is -0.442. The number of hydrazine groups is 1. The molecule has 127 heavy (non-hydrogen) atoms. The second-order valence-electron chi connectivity index (χ2n) is 33.4. The third-order valence-electron chi connectivity index (χ3n) is 24.7. The van der Waals surface area contributed by atoms with Crippen molar-refractivity contribution in [3.05, 3.63) is 293 Å². The number of piperidine rings is 1. The topological polar surface area (TPSA) is 402 Å². The van der Waals surface area contributed by atoms with Crippen LogP contribution in [0.25, 0.3) is 0 Å². The second-order valence-corrected chi connectivity index (χ2v) is 33.8. The number of aromatic hydroxyl groups is 1. The summed E-state index contributed by atoms with van der Waals surface area (Å²) in [5.74, 6) is 3.75. The summed E-state index contributed by atoms with van der Waals surface area (Å²) < 4.78 is 32.0. The highest BCUT2D eigenvalue weighted by Crippen LogP contribution is 2.37. The number of aliphatic hydroxyl groups excluding tert-OH is 2.